The Kier molecular flexibility index (Phi) is 6.64. The number of aliphatic hydroxyl groups is 1. The summed E-state index contributed by atoms with van der Waals surface area (Å²) >= 11 is 0. The molecule has 206 valence electrons. The molecule has 0 radical (unpaired) electrons. The molecule has 37 heavy (non-hydrogen) atoms. The molecule has 1 aliphatic heterocycles. The van der Waals surface area contributed by atoms with E-state index in [1.807, 2.05) is 27.7 Å². The SMILES string of the molecule is CCCOC1(OCCC)OCC(=O)[C@@]2(O1)[C@H](C)C[C@H]1[C@@H]3CCC4=CC(=O)C=C[C@]4(C)[C@@]3(F)[C@@H](O)C[C@@]12C. The fourth-order valence-electron chi connectivity index (χ4n) is 8.52. The van der Waals surface area contributed by atoms with Gasteiger partial charge in [0.15, 0.2) is 17.2 Å². The molecule has 3 saturated carbocycles. The smallest absolute Gasteiger partial charge is 0.390 e. The fourth-order valence-corrected chi connectivity index (χ4v) is 8.52. The van der Waals surface area contributed by atoms with Crippen molar-refractivity contribution in [2.45, 2.75) is 96.7 Å². The molecule has 5 rings (SSSR count). The highest BCUT2D eigenvalue weighted by Gasteiger charge is 2.78. The van der Waals surface area contributed by atoms with Crippen molar-refractivity contribution in [3.63, 3.8) is 0 Å². The molecule has 5 aliphatic rings. The van der Waals surface area contributed by atoms with Crippen molar-refractivity contribution >= 4 is 11.6 Å². The number of Topliss-reactive ketones (excluding diaryl/α,β-unsaturated/α-hetero) is 1. The Hall–Kier alpha value is -1.45. The maximum Gasteiger partial charge on any atom is 0.414 e. The lowest BCUT2D eigenvalue weighted by Gasteiger charge is -2.63. The summed E-state index contributed by atoms with van der Waals surface area (Å²) in [5.41, 5.74) is -4.53. The number of hydrogen-bond acceptors (Lipinski definition) is 7. The van der Waals surface area contributed by atoms with Crippen LogP contribution in [-0.4, -0.2) is 60.0 Å². The van der Waals surface area contributed by atoms with Gasteiger partial charge in [0.25, 0.3) is 0 Å². The van der Waals surface area contributed by atoms with E-state index in [0.717, 1.165) is 5.57 Å². The Bertz CT molecular complexity index is 1020. The van der Waals surface area contributed by atoms with Crippen LogP contribution in [0.2, 0.25) is 0 Å². The van der Waals surface area contributed by atoms with E-state index in [9.17, 15) is 14.7 Å². The largest absolute Gasteiger partial charge is 0.414 e. The third-order valence-electron chi connectivity index (χ3n) is 10.2. The molecule has 0 amide bonds. The third-order valence-corrected chi connectivity index (χ3v) is 10.2. The molecule has 4 fully saturated rings. The second-order valence-corrected chi connectivity index (χ2v) is 12.1. The normalized spacial score (nSPS) is 46.4. The molecular formula is C29H41FO7. The number of fused-ring (bicyclic) bond motifs is 6. The van der Waals surface area contributed by atoms with Gasteiger partial charge < -0.3 is 14.6 Å². The summed E-state index contributed by atoms with van der Waals surface area (Å²) in [7, 11) is 0. The van der Waals surface area contributed by atoms with Crippen LogP contribution < -0.4 is 0 Å². The molecule has 4 aliphatic carbocycles. The van der Waals surface area contributed by atoms with Gasteiger partial charge in [0, 0.05) is 16.7 Å². The Balaban J connectivity index is 1.57. The minimum Gasteiger partial charge on any atom is -0.390 e. The summed E-state index contributed by atoms with van der Waals surface area (Å²) in [6, 6.07) is 0. The van der Waals surface area contributed by atoms with Crippen molar-refractivity contribution in [1.82, 2.24) is 0 Å². The molecule has 8 atom stereocenters. The topological polar surface area (TPSA) is 91.3 Å². The van der Waals surface area contributed by atoms with E-state index in [1.165, 1.54) is 12.2 Å². The van der Waals surface area contributed by atoms with Crippen LogP contribution in [0.4, 0.5) is 4.39 Å². The number of carbonyl (C=O) groups excluding carboxylic acids is 2. The second-order valence-electron chi connectivity index (χ2n) is 12.1. The summed E-state index contributed by atoms with van der Waals surface area (Å²) in [5.74, 6) is -1.36. The highest BCUT2D eigenvalue weighted by atomic mass is 19.1. The maximum atomic E-state index is 17.5. The van der Waals surface area contributed by atoms with Gasteiger partial charge in [-0.25, -0.2) is 4.39 Å². The van der Waals surface area contributed by atoms with E-state index in [2.05, 4.69) is 0 Å². The highest BCUT2D eigenvalue weighted by molar-refractivity contribution is 6.01. The molecule has 7 nitrogen and oxygen atoms in total. The summed E-state index contributed by atoms with van der Waals surface area (Å²) in [4.78, 5) is 25.9. The lowest BCUT2D eigenvalue weighted by molar-refractivity contribution is -0.533. The predicted octanol–water partition coefficient (Wildman–Crippen LogP) is 4.42. The van der Waals surface area contributed by atoms with Gasteiger partial charge >= 0.3 is 6.16 Å². The van der Waals surface area contributed by atoms with Crippen LogP contribution in [0.15, 0.2) is 23.8 Å². The van der Waals surface area contributed by atoms with Gasteiger partial charge in [-0.2, -0.15) is 0 Å². The van der Waals surface area contributed by atoms with Crippen molar-refractivity contribution in [1.29, 1.82) is 0 Å². The molecule has 0 aromatic heterocycles. The monoisotopic (exact) mass is 520 g/mol. The highest BCUT2D eigenvalue weighted by Crippen LogP contribution is 2.72. The number of hydrogen-bond donors (Lipinski definition) is 1. The van der Waals surface area contributed by atoms with Gasteiger partial charge in [0.1, 0.15) is 12.2 Å². The number of allylic oxidation sites excluding steroid dienone is 4. The molecule has 1 heterocycles. The third kappa shape index (κ3) is 3.48. The molecule has 0 aromatic carbocycles. The molecular weight excluding hydrogens is 479 g/mol. The number of ketones is 2. The minimum absolute atomic E-state index is 0.0447. The van der Waals surface area contributed by atoms with Gasteiger partial charge in [0.2, 0.25) is 0 Å². The van der Waals surface area contributed by atoms with Crippen LogP contribution in [0.5, 0.6) is 0 Å². The first kappa shape index (κ1) is 27.1. The van der Waals surface area contributed by atoms with Crippen LogP contribution >= 0.6 is 0 Å². The summed E-state index contributed by atoms with van der Waals surface area (Å²) in [6.07, 6.45) is 4.52. The molecule has 8 heteroatoms. The summed E-state index contributed by atoms with van der Waals surface area (Å²) < 4.78 is 41.8. The Morgan fingerprint density at radius 2 is 1.81 bits per heavy atom. The number of aliphatic hydroxyl groups excluding tert-OH is 1. The average molecular weight is 521 g/mol. The zero-order valence-electron chi connectivity index (χ0n) is 22.7. The van der Waals surface area contributed by atoms with E-state index in [4.69, 9.17) is 18.9 Å². The zero-order valence-corrected chi connectivity index (χ0v) is 22.7. The van der Waals surface area contributed by atoms with E-state index in [1.54, 1.807) is 13.0 Å². The van der Waals surface area contributed by atoms with Crippen molar-refractivity contribution < 1.29 is 38.0 Å². The van der Waals surface area contributed by atoms with Crippen LogP contribution in [-0.2, 0) is 28.5 Å². The summed E-state index contributed by atoms with van der Waals surface area (Å²) in [5, 5.41) is 11.7. The van der Waals surface area contributed by atoms with E-state index in [-0.39, 0.29) is 36.4 Å². The van der Waals surface area contributed by atoms with Gasteiger partial charge in [-0.1, -0.05) is 39.3 Å². The summed E-state index contributed by atoms with van der Waals surface area (Å²) in [6.45, 7) is 10.1. The lowest BCUT2D eigenvalue weighted by Crippen LogP contribution is -2.72. The number of rotatable bonds is 6. The van der Waals surface area contributed by atoms with E-state index >= 15 is 4.39 Å². The maximum absolute atomic E-state index is 17.5. The first-order valence-electron chi connectivity index (χ1n) is 13.9. The number of ether oxygens (including phenoxy) is 4. The van der Waals surface area contributed by atoms with Gasteiger partial charge in [-0.3, -0.25) is 19.1 Å². The standard InChI is InChI=1S/C29H41FO7/c1-6-12-34-29(35-13-7-2)36-17-24(33)28(37-29)18(3)14-22-21-9-8-19-15-20(31)10-11-25(19,4)27(21,30)23(32)16-26(22,28)5/h10-11,15,18,21-23,32H,6-9,12-14,16-17H2,1-5H3/t18-,21+,22+,23+,25+,26+,27+,28+/m1/s1. The predicted molar refractivity (Wildman–Crippen MR) is 133 cm³/mol. The van der Waals surface area contributed by atoms with Gasteiger partial charge in [0.05, 0.1) is 19.3 Å². The van der Waals surface area contributed by atoms with Crippen molar-refractivity contribution in [3.05, 3.63) is 23.8 Å². The molecule has 0 bridgehead atoms. The zero-order chi connectivity index (χ0) is 26.9. The van der Waals surface area contributed by atoms with E-state index < -0.39 is 40.3 Å². The van der Waals surface area contributed by atoms with Crippen LogP contribution in [0.1, 0.15) is 73.1 Å². The molecule has 1 spiro atoms. The minimum atomic E-state index is -1.97. The Morgan fingerprint density at radius 3 is 2.46 bits per heavy atom. The second kappa shape index (κ2) is 9.05. The Morgan fingerprint density at radius 1 is 1.14 bits per heavy atom. The van der Waals surface area contributed by atoms with Crippen LogP contribution in [0.25, 0.3) is 0 Å². The first-order valence-corrected chi connectivity index (χ1v) is 13.9. The van der Waals surface area contributed by atoms with Crippen molar-refractivity contribution in [2.75, 3.05) is 19.8 Å². The first-order chi connectivity index (χ1) is 17.4. The van der Waals surface area contributed by atoms with Crippen LogP contribution in [0, 0.1) is 28.6 Å². The molecule has 0 aromatic rings. The quantitative estimate of drug-likeness (QED) is 0.519. The number of halogens is 1. The number of alkyl halides is 1. The van der Waals surface area contributed by atoms with Crippen LogP contribution in [0.3, 0.4) is 0 Å². The Labute approximate surface area is 218 Å². The molecule has 1 N–H and O–H groups in total. The number of carbonyl (C=O) groups is 2. The van der Waals surface area contributed by atoms with Gasteiger partial charge in [-0.15, -0.1) is 0 Å². The fraction of sp³-hybridized carbons (Fsp3) is 0.793. The van der Waals surface area contributed by atoms with Crippen molar-refractivity contribution in [3.8, 4) is 0 Å². The van der Waals surface area contributed by atoms with Crippen molar-refractivity contribution in [2.24, 2.45) is 28.6 Å². The average Bonchev–Trinajstić information content (AvgIpc) is 3.07. The van der Waals surface area contributed by atoms with Gasteiger partial charge in [-0.05, 0) is 69.4 Å². The van der Waals surface area contributed by atoms with E-state index in [0.29, 0.717) is 45.3 Å². The molecule has 1 saturated heterocycles. The molecule has 0 unspecified atom stereocenters. The lowest BCUT2D eigenvalue weighted by atomic mass is 9.44.